The molecule has 0 saturated carbocycles. The van der Waals surface area contributed by atoms with E-state index in [0.29, 0.717) is 5.92 Å². The second kappa shape index (κ2) is 6.97. The van der Waals surface area contributed by atoms with Gasteiger partial charge in [0.05, 0.1) is 6.61 Å². The molecule has 110 valence electrons. The van der Waals surface area contributed by atoms with Crippen LogP contribution in [0.15, 0.2) is 48.5 Å². The molecular formula is C18H20ClNO. The Balaban J connectivity index is 1.49. The van der Waals surface area contributed by atoms with Gasteiger partial charge >= 0.3 is 0 Å². The van der Waals surface area contributed by atoms with Gasteiger partial charge in [-0.3, -0.25) is 0 Å². The van der Waals surface area contributed by atoms with E-state index >= 15 is 0 Å². The molecule has 1 heterocycles. The summed E-state index contributed by atoms with van der Waals surface area (Å²) in [4.78, 5) is 0. The number of ether oxygens (including phenoxy) is 1. The minimum absolute atomic E-state index is 0.556. The number of benzene rings is 2. The smallest absolute Gasteiger partial charge is 0.122 e. The Morgan fingerprint density at radius 1 is 1.10 bits per heavy atom. The van der Waals surface area contributed by atoms with Crippen molar-refractivity contribution in [1.29, 1.82) is 0 Å². The molecule has 1 aliphatic heterocycles. The van der Waals surface area contributed by atoms with Crippen LogP contribution in [0.3, 0.4) is 0 Å². The number of fused-ring (bicyclic) bond motifs is 1. The first-order valence-corrected chi connectivity index (χ1v) is 7.87. The molecule has 0 bridgehead atoms. The van der Waals surface area contributed by atoms with Gasteiger partial charge < -0.3 is 10.1 Å². The molecule has 1 atom stereocenters. The van der Waals surface area contributed by atoms with E-state index in [-0.39, 0.29) is 0 Å². The predicted octanol–water partition coefficient (Wildman–Crippen LogP) is 4.04. The van der Waals surface area contributed by atoms with Crippen LogP contribution in [0.2, 0.25) is 5.02 Å². The lowest BCUT2D eigenvalue weighted by molar-refractivity contribution is 0.265. The van der Waals surface area contributed by atoms with Crippen molar-refractivity contribution in [2.75, 3.05) is 19.7 Å². The zero-order valence-electron chi connectivity index (χ0n) is 12.0. The van der Waals surface area contributed by atoms with Crippen molar-refractivity contribution in [2.24, 2.45) is 0 Å². The zero-order chi connectivity index (χ0) is 14.5. The van der Waals surface area contributed by atoms with Crippen LogP contribution in [0.4, 0.5) is 0 Å². The van der Waals surface area contributed by atoms with Gasteiger partial charge in [0.1, 0.15) is 5.75 Å². The highest BCUT2D eigenvalue weighted by Crippen LogP contribution is 2.32. The van der Waals surface area contributed by atoms with Gasteiger partial charge in [-0.15, -0.1) is 0 Å². The summed E-state index contributed by atoms with van der Waals surface area (Å²) in [6.07, 6.45) is 2.12. The third kappa shape index (κ3) is 3.78. The van der Waals surface area contributed by atoms with Gasteiger partial charge in [0, 0.05) is 17.5 Å². The molecule has 0 fully saturated rings. The monoisotopic (exact) mass is 301 g/mol. The van der Waals surface area contributed by atoms with Crippen molar-refractivity contribution in [3.63, 3.8) is 0 Å². The van der Waals surface area contributed by atoms with Crippen molar-refractivity contribution in [3.8, 4) is 5.75 Å². The third-order valence-electron chi connectivity index (χ3n) is 3.98. The second-order valence-corrected chi connectivity index (χ2v) is 5.89. The molecule has 1 N–H and O–H groups in total. The Bertz CT molecular complexity index is 582. The number of halogens is 1. The molecule has 2 aromatic rings. The van der Waals surface area contributed by atoms with Gasteiger partial charge in [0.2, 0.25) is 0 Å². The highest BCUT2D eigenvalue weighted by atomic mass is 35.5. The molecule has 2 aromatic carbocycles. The highest BCUT2D eigenvalue weighted by molar-refractivity contribution is 6.30. The lowest BCUT2D eigenvalue weighted by Gasteiger charge is -2.26. The van der Waals surface area contributed by atoms with E-state index in [2.05, 4.69) is 35.6 Å². The maximum Gasteiger partial charge on any atom is 0.122 e. The standard InChI is InChI=1S/C18H20ClNO/c19-16-7-5-14(6-8-16)9-11-20-13-15-10-12-21-18-4-2-1-3-17(15)18/h1-8,15,20H,9-13H2. The molecule has 0 aliphatic carbocycles. The summed E-state index contributed by atoms with van der Waals surface area (Å²) in [6.45, 7) is 2.82. The summed E-state index contributed by atoms with van der Waals surface area (Å²) in [6, 6.07) is 16.5. The first kappa shape index (κ1) is 14.4. The molecule has 3 rings (SSSR count). The second-order valence-electron chi connectivity index (χ2n) is 5.45. The van der Waals surface area contributed by atoms with E-state index in [4.69, 9.17) is 16.3 Å². The molecule has 21 heavy (non-hydrogen) atoms. The number of hydrogen-bond acceptors (Lipinski definition) is 2. The summed E-state index contributed by atoms with van der Waals surface area (Å²) in [5, 5.41) is 4.37. The molecule has 2 nitrogen and oxygen atoms in total. The van der Waals surface area contributed by atoms with Gasteiger partial charge in [0.25, 0.3) is 0 Å². The Kier molecular flexibility index (Phi) is 4.79. The number of nitrogens with one attached hydrogen (secondary N) is 1. The fourth-order valence-electron chi connectivity index (χ4n) is 2.79. The van der Waals surface area contributed by atoms with Crippen molar-refractivity contribution in [1.82, 2.24) is 5.32 Å². The van der Waals surface area contributed by atoms with E-state index in [0.717, 1.165) is 43.3 Å². The van der Waals surface area contributed by atoms with Crippen LogP contribution in [0.5, 0.6) is 5.75 Å². The van der Waals surface area contributed by atoms with Crippen LogP contribution < -0.4 is 10.1 Å². The van der Waals surface area contributed by atoms with Gasteiger partial charge in [-0.2, -0.15) is 0 Å². The predicted molar refractivity (Wildman–Crippen MR) is 87.3 cm³/mol. The van der Waals surface area contributed by atoms with Crippen LogP contribution in [0.25, 0.3) is 0 Å². The van der Waals surface area contributed by atoms with E-state index in [1.54, 1.807) is 0 Å². The maximum absolute atomic E-state index is 5.89. The van der Waals surface area contributed by atoms with Crippen molar-refractivity contribution in [2.45, 2.75) is 18.8 Å². The minimum atomic E-state index is 0.556. The Labute approximate surface area is 131 Å². The normalized spacial score (nSPS) is 17.1. The van der Waals surface area contributed by atoms with Gasteiger partial charge in [0.15, 0.2) is 0 Å². The maximum atomic E-state index is 5.89. The van der Waals surface area contributed by atoms with E-state index in [1.807, 2.05) is 18.2 Å². The fourth-order valence-corrected chi connectivity index (χ4v) is 2.91. The fraction of sp³-hybridized carbons (Fsp3) is 0.333. The Morgan fingerprint density at radius 2 is 1.90 bits per heavy atom. The molecule has 0 amide bonds. The average molecular weight is 302 g/mol. The molecule has 0 saturated heterocycles. The molecule has 1 aliphatic rings. The van der Waals surface area contributed by atoms with Crippen LogP contribution in [-0.2, 0) is 6.42 Å². The van der Waals surface area contributed by atoms with E-state index in [1.165, 1.54) is 11.1 Å². The van der Waals surface area contributed by atoms with Gasteiger partial charge in [-0.05, 0) is 48.7 Å². The van der Waals surface area contributed by atoms with Crippen LogP contribution in [-0.4, -0.2) is 19.7 Å². The summed E-state index contributed by atoms with van der Waals surface area (Å²) in [5.41, 5.74) is 2.65. The van der Waals surface area contributed by atoms with Crippen molar-refractivity contribution in [3.05, 3.63) is 64.7 Å². The summed E-state index contributed by atoms with van der Waals surface area (Å²) >= 11 is 5.89. The molecule has 0 radical (unpaired) electrons. The highest BCUT2D eigenvalue weighted by Gasteiger charge is 2.20. The molecule has 1 unspecified atom stereocenters. The molecule has 0 spiro atoms. The summed E-state index contributed by atoms with van der Waals surface area (Å²) in [5.74, 6) is 1.61. The lowest BCUT2D eigenvalue weighted by atomic mass is 9.93. The van der Waals surface area contributed by atoms with Crippen LogP contribution in [0.1, 0.15) is 23.5 Å². The quantitative estimate of drug-likeness (QED) is 0.842. The largest absolute Gasteiger partial charge is 0.493 e. The van der Waals surface area contributed by atoms with Crippen LogP contribution in [0, 0.1) is 0 Å². The SMILES string of the molecule is Clc1ccc(CCNCC2CCOc3ccccc32)cc1. The minimum Gasteiger partial charge on any atom is -0.493 e. The Hall–Kier alpha value is -1.51. The Morgan fingerprint density at radius 3 is 2.76 bits per heavy atom. The van der Waals surface area contributed by atoms with Crippen molar-refractivity contribution >= 4 is 11.6 Å². The number of rotatable bonds is 5. The van der Waals surface area contributed by atoms with E-state index < -0.39 is 0 Å². The average Bonchev–Trinajstić information content (AvgIpc) is 2.53. The van der Waals surface area contributed by atoms with Gasteiger partial charge in [-0.1, -0.05) is 41.9 Å². The first-order valence-electron chi connectivity index (χ1n) is 7.50. The first-order chi connectivity index (χ1) is 10.3. The number of para-hydroxylation sites is 1. The topological polar surface area (TPSA) is 21.3 Å². The van der Waals surface area contributed by atoms with E-state index in [9.17, 15) is 0 Å². The number of hydrogen-bond donors (Lipinski definition) is 1. The van der Waals surface area contributed by atoms with Crippen LogP contribution >= 0.6 is 11.6 Å². The summed E-state index contributed by atoms with van der Waals surface area (Å²) < 4.78 is 5.70. The zero-order valence-corrected chi connectivity index (χ0v) is 12.8. The molecule has 0 aromatic heterocycles. The lowest BCUT2D eigenvalue weighted by Crippen LogP contribution is -2.27. The third-order valence-corrected chi connectivity index (χ3v) is 4.23. The summed E-state index contributed by atoms with van der Waals surface area (Å²) in [7, 11) is 0. The molecular weight excluding hydrogens is 282 g/mol. The van der Waals surface area contributed by atoms with Gasteiger partial charge in [-0.25, -0.2) is 0 Å². The molecule has 3 heteroatoms. The van der Waals surface area contributed by atoms with Crippen molar-refractivity contribution < 1.29 is 4.74 Å².